The number of pyridine rings is 1. The highest BCUT2D eigenvalue weighted by molar-refractivity contribution is 6.01. The summed E-state index contributed by atoms with van der Waals surface area (Å²) in [7, 11) is 0. The van der Waals surface area contributed by atoms with E-state index in [1.807, 2.05) is 31.2 Å². The number of allylic oxidation sites excluding steroid dienone is 1. The molecule has 5 aliphatic rings. The van der Waals surface area contributed by atoms with Crippen LogP contribution in [0.15, 0.2) is 84.3 Å². The molecule has 7 heterocycles. The number of likely N-dealkylation sites (tertiary alicyclic amines) is 1. The first-order valence-corrected chi connectivity index (χ1v) is 25.3. The maximum Gasteiger partial charge on any atom is 0.278 e. The number of nitrogens with one attached hydrogen (secondary N) is 2. The zero-order valence-electron chi connectivity index (χ0n) is 39.9. The lowest BCUT2D eigenvalue weighted by Crippen LogP contribution is -2.50. The van der Waals surface area contributed by atoms with E-state index in [-0.39, 0.29) is 36.4 Å². The summed E-state index contributed by atoms with van der Waals surface area (Å²) < 4.78 is 3.27. The molecule has 4 saturated heterocycles. The molecule has 0 spiro atoms. The van der Waals surface area contributed by atoms with Gasteiger partial charge in [0.1, 0.15) is 11.0 Å². The molecule has 0 bridgehead atoms. The van der Waals surface area contributed by atoms with Crippen molar-refractivity contribution >= 4 is 45.9 Å². The van der Waals surface area contributed by atoms with Crippen LogP contribution in [-0.4, -0.2) is 127 Å². The van der Waals surface area contributed by atoms with Crippen molar-refractivity contribution in [1.82, 2.24) is 39.4 Å². The summed E-state index contributed by atoms with van der Waals surface area (Å²) >= 11 is 0. The number of hydrogen-bond donors (Lipinski definition) is 4. The van der Waals surface area contributed by atoms with Gasteiger partial charge in [-0.05, 0) is 137 Å². The lowest BCUT2D eigenvalue weighted by atomic mass is 9.90. The fraction of sp³-hybridized carbons (Fsp3) is 0.509. The second-order valence-electron chi connectivity index (χ2n) is 19.9. The Morgan fingerprint density at radius 3 is 2.22 bits per heavy atom. The van der Waals surface area contributed by atoms with Crippen LogP contribution in [-0.2, 0) is 28.2 Å². The smallest absolute Gasteiger partial charge is 0.278 e. The molecular formula is C53H67N11O5. The Hall–Kier alpha value is -5.94. The number of fused-ring (bicyclic) bond motifs is 2. The molecule has 5 aromatic rings. The number of imide groups is 1. The Morgan fingerprint density at radius 1 is 0.855 bits per heavy atom. The Morgan fingerprint density at radius 2 is 1.55 bits per heavy atom. The van der Waals surface area contributed by atoms with Crippen molar-refractivity contribution in [3.63, 3.8) is 0 Å². The molecule has 2 unspecified atom stereocenters. The summed E-state index contributed by atoms with van der Waals surface area (Å²) in [6.45, 7) is 14.3. The van der Waals surface area contributed by atoms with Crippen molar-refractivity contribution in [3.05, 3.63) is 107 Å². The van der Waals surface area contributed by atoms with Crippen molar-refractivity contribution < 1.29 is 19.8 Å². The van der Waals surface area contributed by atoms with Crippen LogP contribution in [0.2, 0.25) is 0 Å². The van der Waals surface area contributed by atoms with Crippen molar-refractivity contribution in [3.8, 4) is 5.82 Å². The number of hydrogen-bond acceptors (Lipinski definition) is 13. The number of anilines is 4. The van der Waals surface area contributed by atoms with E-state index < -0.39 is 5.60 Å². The number of rotatable bonds is 15. The second kappa shape index (κ2) is 20.2. The molecule has 364 valence electrons. The molecule has 69 heavy (non-hydrogen) atoms. The number of piperidine rings is 4. The van der Waals surface area contributed by atoms with Crippen molar-refractivity contribution in [2.45, 2.75) is 108 Å². The maximum absolute atomic E-state index is 13.6. The van der Waals surface area contributed by atoms with Crippen LogP contribution in [0, 0.1) is 5.92 Å². The monoisotopic (exact) mass is 938 g/mol. The quantitative estimate of drug-likeness (QED) is 0.0753. The van der Waals surface area contributed by atoms with Crippen LogP contribution < -0.4 is 26.0 Å². The predicted molar refractivity (Wildman–Crippen MR) is 268 cm³/mol. The van der Waals surface area contributed by atoms with Crippen LogP contribution >= 0.6 is 0 Å². The summed E-state index contributed by atoms with van der Waals surface area (Å²) in [4.78, 5) is 62.1. The van der Waals surface area contributed by atoms with Gasteiger partial charge in [-0.15, -0.1) is 6.58 Å². The van der Waals surface area contributed by atoms with Crippen LogP contribution in [0.1, 0.15) is 93.9 Å². The standard InChI is InChI=1S/C53H67N11O5/c1-3-25-63-51(68)45-34-54-52(58-49(45)64(63)46-15-7-38-17-24-53(69,4-2)48(38)56-46)55-39-8-12-41(13-9-39)61-28-20-42(21-29-61)59-26-18-36(19-27-59)35-62(32-33-65)43-22-30-60(31-23-43)40-10-5-37(6-11-40)44-14-16-47(66)57-50(44)67/h3,5-13,15,34,36,42-44,65,69H,1,4,14,16-33,35H2,2H3,(H,54,55,58)(H,57,66,67). The van der Waals surface area contributed by atoms with Crippen molar-refractivity contribution in [1.29, 1.82) is 0 Å². The molecule has 16 heteroatoms. The summed E-state index contributed by atoms with van der Waals surface area (Å²) in [6, 6.07) is 21.7. The summed E-state index contributed by atoms with van der Waals surface area (Å²) in [6.07, 6.45) is 12.9. The summed E-state index contributed by atoms with van der Waals surface area (Å²) in [5, 5.41) is 27.6. The fourth-order valence-electron chi connectivity index (χ4n) is 11.8. The van der Waals surface area contributed by atoms with Crippen LogP contribution in [0.3, 0.4) is 0 Å². The molecule has 10 rings (SSSR count). The lowest BCUT2D eigenvalue weighted by Gasteiger charge is -2.44. The Balaban J connectivity index is 0.698. The van der Waals surface area contributed by atoms with Crippen LogP contribution in [0.5, 0.6) is 0 Å². The molecule has 0 saturated carbocycles. The van der Waals surface area contributed by atoms with Crippen molar-refractivity contribution in [2.24, 2.45) is 5.92 Å². The summed E-state index contributed by atoms with van der Waals surface area (Å²) in [5.74, 6) is 0.877. The molecule has 4 fully saturated rings. The van der Waals surface area contributed by atoms with Gasteiger partial charge in [0.15, 0.2) is 11.5 Å². The average Bonchev–Trinajstić information content (AvgIpc) is 3.86. The molecule has 2 amide bonds. The number of carbonyl (C=O) groups excluding carboxylic acids is 2. The first-order valence-electron chi connectivity index (χ1n) is 25.3. The number of aryl methyl sites for hydroxylation is 1. The number of carbonyl (C=O) groups is 2. The van der Waals surface area contributed by atoms with Gasteiger partial charge in [-0.1, -0.05) is 31.2 Å². The van der Waals surface area contributed by atoms with Gasteiger partial charge in [0.25, 0.3) is 5.56 Å². The molecular weight excluding hydrogens is 871 g/mol. The van der Waals surface area contributed by atoms with E-state index in [0.717, 1.165) is 101 Å². The van der Waals surface area contributed by atoms with E-state index >= 15 is 0 Å². The fourth-order valence-corrected chi connectivity index (χ4v) is 11.8. The highest BCUT2D eigenvalue weighted by atomic mass is 16.3. The molecule has 16 nitrogen and oxygen atoms in total. The van der Waals surface area contributed by atoms with Crippen LogP contribution in [0.25, 0.3) is 16.9 Å². The first-order chi connectivity index (χ1) is 33.6. The summed E-state index contributed by atoms with van der Waals surface area (Å²) in [5.41, 5.74) is 5.07. The van der Waals surface area contributed by atoms with Gasteiger partial charge in [-0.25, -0.2) is 19.3 Å². The van der Waals surface area contributed by atoms with Gasteiger partial charge in [0, 0.05) is 81.0 Å². The van der Waals surface area contributed by atoms with E-state index in [1.165, 1.54) is 24.2 Å². The minimum absolute atomic E-state index is 0.181. The minimum Gasteiger partial charge on any atom is -0.395 e. The molecule has 4 N–H and O–H groups in total. The molecule has 2 atom stereocenters. The highest BCUT2D eigenvalue weighted by Crippen LogP contribution is 2.39. The number of aliphatic hydroxyl groups is 2. The molecule has 4 aliphatic heterocycles. The molecule has 3 aromatic heterocycles. The van der Waals surface area contributed by atoms with Gasteiger partial charge in [0.05, 0.1) is 24.8 Å². The number of aromatic nitrogens is 5. The second-order valence-corrected chi connectivity index (χ2v) is 19.9. The third-order valence-electron chi connectivity index (χ3n) is 15.9. The molecule has 2 aromatic carbocycles. The third-order valence-corrected chi connectivity index (χ3v) is 15.9. The topological polar surface area (TPSA) is 177 Å². The van der Waals surface area contributed by atoms with Gasteiger partial charge < -0.3 is 30.2 Å². The van der Waals surface area contributed by atoms with E-state index in [1.54, 1.807) is 21.6 Å². The van der Waals surface area contributed by atoms with Gasteiger partial charge in [0.2, 0.25) is 17.8 Å². The molecule has 1 aliphatic carbocycles. The number of amides is 2. The lowest BCUT2D eigenvalue weighted by molar-refractivity contribution is -0.134. The Bertz CT molecular complexity index is 2700. The average molecular weight is 938 g/mol. The Kier molecular flexibility index (Phi) is 13.7. The van der Waals surface area contributed by atoms with Gasteiger partial charge in [-0.2, -0.15) is 4.98 Å². The number of nitrogens with zero attached hydrogens (tertiary/aromatic N) is 9. The van der Waals surface area contributed by atoms with Gasteiger partial charge >= 0.3 is 0 Å². The maximum atomic E-state index is 13.6. The predicted octanol–water partition coefficient (Wildman–Crippen LogP) is 5.61. The van der Waals surface area contributed by atoms with Crippen LogP contribution in [0.4, 0.5) is 23.0 Å². The zero-order valence-corrected chi connectivity index (χ0v) is 39.9. The van der Waals surface area contributed by atoms with Crippen molar-refractivity contribution in [2.75, 3.05) is 74.1 Å². The molecule has 0 radical (unpaired) electrons. The number of aliphatic hydroxyl groups excluding tert-OH is 1. The minimum atomic E-state index is -0.992. The van der Waals surface area contributed by atoms with E-state index in [0.29, 0.717) is 72.2 Å². The SMILES string of the molecule is C=CCn1c(=O)c2cnc(Nc3ccc(N4CCC(N5CCC(CN(CCO)C6CCN(c7ccc(C8CCC(=O)NC8=O)cc7)CC6)CC5)CC4)cc3)nc2n1-c1ccc2c(n1)C(O)(CC)CC2. The Labute approximate surface area is 404 Å². The van der Waals surface area contributed by atoms with E-state index in [9.17, 15) is 24.6 Å². The van der Waals surface area contributed by atoms with Gasteiger partial charge in [-0.3, -0.25) is 24.6 Å². The number of benzene rings is 2. The first kappa shape index (κ1) is 46.8. The largest absolute Gasteiger partial charge is 0.395 e. The normalized spacial score (nSPS) is 22.1. The third kappa shape index (κ3) is 9.68. The van der Waals surface area contributed by atoms with E-state index in [4.69, 9.17) is 9.97 Å². The van der Waals surface area contributed by atoms with E-state index in [2.05, 4.69) is 78.2 Å². The zero-order chi connectivity index (χ0) is 47.6. The highest BCUT2D eigenvalue weighted by Gasteiger charge is 2.38.